The largest absolute Gasteiger partial charge is 0.264 e. The van der Waals surface area contributed by atoms with Crippen molar-refractivity contribution >= 4 is 27.1 Å². The average Bonchev–Trinajstić information content (AvgIpc) is 2.17. The topological polar surface area (TPSA) is 77.8 Å². The highest BCUT2D eigenvalue weighted by molar-refractivity contribution is 7.92. The lowest BCUT2D eigenvalue weighted by Crippen LogP contribution is -2.16. The Bertz CT molecular complexity index is 484. The van der Waals surface area contributed by atoms with Crippen LogP contribution in [0.4, 0.5) is 5.69 Å². The zero-order valence-corrected chi connectivity index (χ0v) is 10.3. The summed E-state index contributed by atoms with van der Waals surface area (Å²) in [5.74, 6) is 0. The van der Waals surface area contributed by atoms with Gasteiger partial charge in [0.15, 0.2) is 9.84 Å². The first kappa shape index (κ1) is 13.2. The predicted octanol–water partition coefficient (Wildman–Crippen LogP) is 2.11. The number of hydrogen-bond donors (Lipinski definition) is 2. The van der Waals surface area contributed by atoms with E-state index in [-0.39, 0.29) is 20.8 Å². The van der Waals surface area contributed by atoms with Crippen LogP contribution in [-0.2, 0) is 9.84 Å². The van der Waals surface area contributed by atoms with E-state index < -0.39 is 15.1 Å². The Kier molecular flexibility index (Phi) is 3.80. The molecular weight excluding hydrogens is 254 g/mol. The molecule has 1 aromatic rings. The smallest absolute Gasteiger partial charge is 0.180 e. The van der Waals surface area contributed by atoms with E-state index in [1.54, 1.807) is 13.8 Å². The van der Waals surface area contributed by atoms with Crippen LogP contribution in [0.5, 0.6) is 0 Å². The molecule has 0 saturated heterocycles. The second kappa shape index (κ2) is 4.58. The van der Waals surface area contributed by atoms with Crippen LogP contribution in [0.1, 0.15) is 13.8 Å². The summed E-state index contributed by atoms with van der Waals surface area (Å²) in [7, 11) is -3.46. The number of halogens is 1. The van der Waals surface area contributed by atoms with Gasteiger partial charge >= 0.3 is 0 Å². The summed E-state index contributed by atoms with van der Waals surface area (Å²) in [4.78, 5) is -0.00463. The first-order valence-corrected chi connectivity index (χ1v) is 6.40. The number of anilines is 1. The van der Waals surface area contributed by atoms with Crippen molar-refractivity contribution in [2.75, 3.05) is 5.23 Å². The average molecular weight is 266 g/mol. The van der Waals surface area contributed by atoms with Crippen LogP contribution in [0, 0.1) is 0 Å². The van der Waals surface area contributed by atoms with Crippen LogP contribution >= 0.6 is 11.6 Å². The number of nitrogens with zero attached hydrogens (tertiary/aromatic N) is 1. The summed E-state index contributed by atoms with van der Waals surface area (Å²) >= 11 is 5.66. The molecule has 0 radical (unpaired) electrons. The van der Waals surface area contributed by atoms with Crippen molar-refractivity contribution in [1.29, 1.82) is 0 Å². The van der Waals surface area contributed by atoms with Gasteiger partial charge in [-0.15, -0.1) is 5.23 Å². The number of rotatable bonds is 3. The molecule has 0 spiro atoms. The van der Waals surface area contributed by atoms with E-state index in [0.29, 0.717) is 0 Å². The Morgan fingerprint density at radius 3 is 2.31 bits per heavy atom. The minimum absolute atomic E-state index is 0.00463. The van der Waals surface area contributed by atoms with Crippen LogP contribution in [0.2, 0.25) is 5.02 Å². The zero-order valence-electron chi connectivity index (χ0n) is 8.75. The summed E-state index contributed by atoms with van der Waals surface area (Å²) in [6.45, 7) is 3.08. The molecule has 0 unspecified atom stereocenters. The monoisotopic (exact) mass is 265 g/mol. The van der Waals surface area contributed by atoms with E-state index in [2.05, 4.69) is 0 Å². The lowest BCUT2D eigenvalue weighted by atomic mass is 10.3. The minimum Gasteiger partial charge on any atom is -0.264 e. The zero-order chi connectivity index (χ0) is 12.5. The highest BCUT2D eigenvalue weighted by Crippen LogP contribution is 2.28. The second-order valence-corrected chi connectivity index (χ2v) is 6.41. The summed E-state index contributed by atoms with van der Waals surface area (Å²) < 4.78 is 23.6. The number of hydrogen-bond acceptors (Lipinski definition) is 5. The first-order valence-electron chi connectivity index (χ1n) is 4.48. The van der Waals surface area contributed by atoms with Gasteiger partial charge < -0.3 is 0 Å². The quantitative estimate of drug-likeness (QED) is 0.819. The molecule has 0 aromatic heterocycles. The first-order chi connectivity index (χ1) is 7.26. The van der Waals surface area contributed by atoms with Crippen molar-refractivity contribution in [3.05, 3.63) is 23.2 Å². The summed E-state index contributed by atoms with van der Waals surface area (Å²) in [5, 5.41) is 16.9. The molecule has 0 fully saturated rings. The van der Waals surface area contributed by atoms with Crippen molar-refractivity contribution in [2.24, 2.45) is 0 Å². The maximum absolute atomic E-state index is 11.8. The van der Waals surface area contributed by atoms with E-state index in [4.69, 9.17) is 22.0 Å². The van der Waals surface area contributed by atoms with Gasteiger partial charge in [0.05, 0.1) is 15.2 Å². The summed E-state index contributed by atoms with van der Waals surface area (Å²) in [6, 6.07) is 3.73. The van der Waals surface area contributed by atoms with Crippen molar-refractivity contribution in [2.45, 2.75) is 24.0 Å². The predicted molar refractivity (Wildman–Crippen MR) is 59.8 cm³/mol. The Balaban J connectivity index is 3.34. The molecule has 1 rings (SSSR count). The molecule has 16 heavy (non-hydrogen) atoms. The normalized spacial score (nSPS) is 11.9. The molecule has 0 atom stereocenters. The van der Waals surface area contributed by atoms with Gasteiger partial charge in [0, 0.05) is 0 Å². The van der Waals surface area contributed by atoms with Gasteiger partial charge in [-0.25, -0.2) is 8.42 Å². The molecule has 0 saturated carbocycles. The molecule has 0 heterocycles. The molecule has 0 aliphatic heterocycles. The molecule has 1 aromatic carbocycles. The highest BCUT2D eigenvalue weighted by Gasteiger charge is 2.21. The van der Waals surface area contributed by atoms with Crippen molar-refractivity contribution in [3.63, 3.8) is 0 Å². The van der Waals surface area contributed by atoms with E-state index in [1.807, 2.05) is 0 Å². The second-order valence-electron chi connectivity index (χ2n) is 3.50. The Labute approximate surface area is 98.7 Å². The third kappa shape index (κ3) is 2.46. The molecular formula is C9H12ClNO4S. The molecule has 0 amide bonds. The highest BCUT2D eigenvalue weighted by atomic mass is 35.5. The molecule has 0 aliphatic carbocycles. The molecule has 0 bridgehead atoms. The van der Waals surface area contributed by atoms with E-state index in [1.165, 1.54) is 12.1 Å². The summed E-state index contributed by atoms with van der Waals surface area (Å²) in [6.07, 6.45) is 0. The van der Waals surface area contributed by atoms with Gasteiger partial charge in [-0.3, -0.25) is 10.4 Å². The fourth-order valence-electron chi connectivity index (χ4n) is 1.09. The number of sulfone groups is 1. The van der Waals surface area contributed by atoms with Crippen molar-refractivity contribution in [1.82, 2.24) is 0 Å². The third-order valence-corrected chi connectivity index (χ3v) is 4.55. The Hall–Kier alpha value is -0.820. The van der Waals surface area contributed by atoms with Crippen LogP contribution < -0.4 is 5.23 Å². The van der Waals surface area contributed by atoms with Gasteiger partial charge in [0.25, 0.3) is 0 Å². The SMILES string of the molecule is CC(C)S(=O)(=O)c1ccc(Cl)c(N(O)O)c1. The van der Waals surface area contributed by atoms with Crippen molar-refractivity contribution in [3.8, 4) is 0 Å². The molecule has 5 nitrogen and oxygen atoms in total. The lowest BCUT2D eigenvalue weighted by Gasteiger charge is -2.13. The van der Waals surface area contributed by atoms with Crippen LogP contribution in [0.25, 0.3) is 0 Å². The Morgan fingerprint density at radius 1 is 1.31 bits per heavy atom. The molecule has 7 heteroatoms. The molecule has 90 valence electrons. The van der Waals surface area contributed by atoms with E-state index >= 15 is 0 Å². The van der Waals surface area contributed by atoms with E-state index in [9.17, 15) is 8.42 Å². The summed E-state index contributed by atoms with van der Waals surface area (Å²) in [5.41, 5.74) is -0.177. The standard InChI is InChI=1S/C9H12ClNO4S/c1-6(2)16(14,15)7-3-4-8(10)9(5-7)11(12)13/h3-6,12-13H,1-2H3. The fraction of sp³-hybridized carbons (Fsp3) is 0.333. The Morgan fingerprint density at radius 2 is 1.88 bits per heavy atom. The maximum atomic E-state index is 11.8. The van der Waals surface area contributed by atoms with Gasteiger partial charge in [-0.2, -0.15) is 0 Å². The van der Waals surface area contributed by atoms with Gasteiger partial charge in [0.2, 0.25) is 0 Å². The molecule has 2 N–H and O–H groups in total. The lowest BCUT2D eigenvalue weighted by molar-refractivity contribution is 0.0291. The van der Waals surface area contributed by atoms with E-state index in [0.717, 1.165) is 6.07 Å². The third-order valence-electron chi connectivity index (χ3n) is 2.08. The fourth-order valence-corrected chi connectivity index (χ4v) is 2.37. The van der Waals surface area contributed by atoms with Crippen LogP contribution in [-0.4, -0.2) is 24.1 Å². The van der Waals surface area contributed by atoms with Gasteiger partial charge in [-0.05, 0) is 32.0 Å². The molecule has 0 aliphatic rings. The number of benzene rings is 1. The maximum Gasteiger partial charge on any atom is 0.180 e. The van der Waals surface area contributed by atoms with Gasteiger partial charge in [0.1, 0.15) is 5.69 Å². The van der Waals surface area contributed by atoms with Crippen molar-refractivity contribution < 1.29 is 18.8 Å². The van der Waals surface area contributed by atoms with Gasteiger partial charge in [-0.1, -0.05) is 11.6 Å². The van der Waals surface area contributed by atoms with Crippen LogP contribution in [0.3, 0.4) is 0 Å². The minimum atomic E-state index is -3.46. The van der Waals surface area contributed by atoms with Crippen LogP contribution in [0.15, 0.2) is 23.1 Å².